The molecule has 0 radical (unpaired) electrons. The van der Waals surface area contributed by atoms with Gasteiger partial charge in [-0.2, -0.15) is 0 Å². The fourth-order valence-electron chi connectivity index (χ4n) is 2.26. The lowest BCUT2D eigenvalue weighted by molar-refractivity contribution is -0.115. The van der Waals surface area contributed by atoms with Crippen LogP contribution < -0.4 is 10.6 Å². The van der Waals surface area contributed by atoms with Gasteiger partial charge in [0.15, 0.2) is 0 Å². The van der Waals surface area contributed by atoms with Crippen molar-refractivity contribution in [1.29, 1.82) is 0 Å². The molecule has 1 aliphatic heterocycles. The molecule has 1 unspecified atom stereocenters. The number of benzene rings is 1. The molecule has 2 rings (SSSR count). The minimum absolute atomic E-state index is 0.0317. The highest BCUT2D eigenvalue weighted by Crippen LogP contribution is 2.20. The zero-order valence-electron chi connectivity index (χ0n) is 12.3. The standard InChI is InChI=1S/C15H22BrN3O2/c1-12(11-19-6-8-21-9-7-19)17-10-15(20)18-14-5-3-2-4-13(14)16/h2-5,12,17H,6-11H2,1H3,(H,18,20). The van der Waals surface area contributed by atoms with Crippen molar-refractivity contribution in [3.63, 3.8) is 0 Å². The lowest BCUT2D eigenvalue weighted by Crippen LogP contribution is -2.46. The number of nitrogens with zero attached hydrogens (tertiary/aromatic N) is 1. The van der Waals surface area contributed by atoms with Gasteiger partial charge in [0.05, 0.1) is 25.4 Å². The molecule has 0 bridgehead atoms. The van der Waals surface area contributed by atoms with Crippen LogP contribution in [0.1, 0.15) is 6.92 Å². The van der Waals surface area contributed by atoms with E-state index in [1.165, 1.54) is 0 Å². The summed E-state index contributed by atoms with van der Waals surface area (Å²) in [5, 5.41) is 6.15. The molecule has 1 aromatic rings. The van der Waals surface area contributed by atoms with Gasteiger partial charge in [-0.25, -0.2) is 0 Å². The van der Waals surface area contributed by atoms with E-state index in [0.29, 0.717) is 6.54 Å². The number of para-hydroxylation sites is 1. The van der Waals surface area contributed by atoms with Gasteiger partial charge < -0.3 is 15.4 Å². The predicted molar refractivity (Wildman–Crippen MR) is 87.5 cm³/mol. The van der Waals surface area contributed by atoms with Crippen LogP contribution in [0.25, 0.3) is 0 Å². The third-order valence-corrected chi connectivity index (χ3v) is 4.09. The van der Waals surface area contributed by atoms with Gasteiger partial charge in [0.25, 0.3) is 0 Å². The van der Waals surface area contributed by atoms with Gasteiger partial charge in [-0.05, 0) is 35.0 Å². The Labute approximate surface area is 134 Å². The fourth-order valence-corrected chi connectivity index (χ4v) is 2.64. The minimum Gasteiger partial charge on any atom is -0.379 e. The van der Waals surface area contributed by atoms with E-state index in [-0.39, 0.29) is 11.9 Å². The molecular formula is C15H22BrN3O2. The van der Waals surface area contributed by atoms with Gasteiger partial charge in [0.1, 0.15) is 0 Å². The van der Waals surface area contributed by atoms with Gasteiger partial charge in [-0.1, -0.05) is 12.1 Å². The summed E-state index contributed by atoms with van der Waals surface area (Å²) in [7, 11) is 0. The largest absolute Gasteiger partial charge is 0.379 e. The van der Waals surface area contributed by atoms with Gasteiger partial charge in [-0.15, -0.1) is 0 Å². The maximum absolute atomic E-state index is 11.9. The van der Waals surface area contributed by atoms with E-state index in [4.69, 9.17) is 4.74 Å². The van der Waals surface area contributed by atoms with Crippen LogP contribution in [0.5, 0.6) is 0 Å². The molecule has 0 aliphatic carbocycles. The molecule has 0 saturated carbocycles. The van der Waals surface area contributed by atoms with Crippen LogP contribution in [0.3, 0.4) is 0 Å². The van der Waals surface area contributed by atoms with E-state index >= 15 is 0 Å². The van der Waals surface area contributed by atoms with E-state index in [9.17, 15) is 4.79 Å². The monoisotopic (exact) mass is 355 g/mol. The molecule has 2 N–H and O–H groups in total. The van der Waals surface area contributed by atoms with Crippen LogP contribution in [-0.4, -0.2) is 56.2 Å². The molecule has 6 heteroatoms. The van der Waals surface area contributed by atoms with E-state index in [0.717, 1.165) is 43.0 Å². The summed E-state index contributed by atoms with van der Waals surface area (Å²) in [6, 6.07) is 7.87. The van der Waals surface area contributed by atoms with E-state index in [1.54, 1.807) is 0 Å². The van der Waals surface area contributed by atoms with Crippen LogP contribution in [0.2, 0.25) is 0 Å². The molecule has 1 atom stereocenters. The predicted octanol–water partition coefficient (Wildman–Crippen LogP) is 1.70. The van der Waals surface area contributed by atoms with Crippen LogP contribution in [0, 0.1) is 0 Å². The van der Waals surface area contributed by atoms with Gasteiger partial charge in [0, 0.05) is 30.1 Å². The maximum atomic E-state index is 11.9. The van der Waals surface area contributed by atoms with E-state index in [1.807, 2.05) is 24.3 Å². The summed E-state index contributed by atoms with van der Waals surface area (Å²) in [6.45, 7) is 6.88. The third kappa shape index (κ3) is 5.74. The van der Waals surface area contributed by atoms with Crippen molar-refractivity contribution < 1.29 is 9.53 Å². The number of morpholine rings is 1. The Morgan fingerprint density at radius 2 is 2.10 bits per heavy atom. The highest BCUT2D eigenvalue weighted by molar-refractivity contribution is 9.10. The summed E-state index contributed by atoms with van der Waals surface area (Å²) in [4.78, 5) is 14.3. The normalized spacial score (nSPS) is 17.4. The number of halogens is 1. The first-order valence-corrected chi connectivity index (χ1v) is 8.02. The number of ether oxygens (including phenoxy) is 1. The molecule has 0 aromatic heterocycles. The first-order valence-electron chi connectivity index (χ1n) is 7.23. The van der Waals surface area contributed by atoms with Crippen molar-refractivity contribution >= 4 is 27.5 Å². The Hall–Kier alpha value is -0.950. The van der Waals surface area contributed by atoms with Crippen molar-refractivity contribution in [3.05, 3.63) is 28.7 Å². The lowest BCUT2D eigenvalue weighted by atomic mass is 10.2. The number of carbonyl (C=O) groups excluding carboxylic acids is 1. The molecule has 1 aromatic carbocycles. The van der Waals surface area contributed by atoms with Crippen LogP contribution in [0.4, 0.5) is 5.69 Å². The number of rotatable bonds is 6. The molecule has 1 amide bonds. The van der Waals surface area contributed by atoms with Crippen molar-refractivity contribution in [2.45, 2.75) is 13.0 Å². The average molecular weight is 356 g/mol. The Bertz CT molecular complexity index is 464. The van der Waals surface area contributed by atoms with Crippen molar-refractivity contribution in [2.75, 3.05) is 44.7 Å². The number of hydrogen-bond donors (Lipinski definition) is 2. The lowest BCUT2D eigenvalue weighted by Gasteiger charge is -2.29. The number of carbonyl (C=O) groups is 1. The molecule has 0 spiro atoms. The molecule has 1 aliphatic rings. The molecular weight excluding hydrogens is 334 g/mol. The van der Waals surface area contributed by atoms with Gasteiger partial charge in [-0.3, -0.25) is 9.69 Å². The summed E-state index contributed by atoms with van der Waals surface area (Å²) in [5.41, 5.74) is 0.796. The SMILES string of the molecule is CC(CN1CCOCC1)NCC(=O)Nc1ccccc1Br. The third-order valence-electron chi connectivity index (χ3n) is 3.39. The van der Waals surface area contributed by atoms with Crippen molar-refractivity contribution in [2.24, 2.45) is 0 Å². The number of amides is 1. The molecule has 116 valence electrons. The average Bonchev–Trinajstić information content (AvgIpc) is 2.49. The quantitative estimate of drug-likeness (QED) is 0.815. The Balaban J connectivity index is 1.69. The van der Waals surface area contributed by atoms with E-state index in [2.05, 4.69) is 38.4 Å². The molecule has 1 heterocycles. The summed E-state index contributed by atoms with van der Waals surface area (Å²) in [5.74, 6) is -0.0317. The summed E-state index contributed by atoms with van der Waals surface area (Å²) in [6.07, 6.45) is 0. The minimum atomic E-state index is -0.0317. The molecule has 1 saturated heterocycles. The van der Waals surface area contributed by atoms with Crippen LogP contribution >= 0.6 is 15.9 Å². The number of hydrogen-bond acceptors (Lipinski definition) is 4. The Kier molecular flexibility index (Phi) is 6.63. The summed E-state index contributed by atoms with van der Waals surface area (Å²) >= 11 is 3.42. The van der Waals surface area contributed by atoms with Crippen molar-refractivity contribution in [1.82, 2.24) is 10.2 Å². The Morgan fingerprint density at radius 1 is 1.38 bits per heavy atom. The second-order valence-electron chi connectivity index (χ2n) is 5.22. The Morgan fingerprint density at radius 3 is 2.81 bits per heavy atom. The fraction of sp³-hybridized carbons (Fsp3) is 0.533. The van der Waals surface area contributed by atoms with Gasteiger partial charge in [0.2, 0.25) is 5.91 Å². The van der Waals surface area contributed by atoms with E-state index < -0.39 is 0 Å². The maximum Gasteiger partial charge on any atom is 0.238 e. The highest BCUT2D eigenvalue weighted by Gasteiger charge is 2.14. The van der Waals surface area contributed by atoms with Crippen molar-refractivity contribution in [3.8, 4) is 0 Å². The second-order valence-corrected chi connectivity index (χ2v) is 6.08. The number of anilines is 1. The van der Waals surface area contributed by atoms with Gasteiger partial charge >= 0.3 is 0 Å². The zero-order valence-corrected chi connectivity index (χ0v) is 13.9. The first-order chi connectivity index (χ1) is 10.1. The molecule has 5 nitrogen and oxygen atoms in total. The smallest absolute Gasteiger partial charge is 0.238 e. The highest BCUT2D eigenvalue weighted by atomic mass is 79.9. The first kappa shape index (κ1) is 16.4. The van der Waals surface area contributed by atoms with Crippen LogP contribution in [0.15, 0.2) is 28.7 Å². The molecule has 21 heavy (non-hydrogen) atoms. The van der Waals surface area contributed by atoms with Crippen LogP contribution in [-0.2, 0) is 9.53 Å². The number of nitrogens with one attached hydrogen (secondary N) is 2. The topological polar surface area (TPSA) is 53.6 Å². The molecule has 1 fully saturated rings. The second kappa shape index (κ2) is 8.48. The summed E-state index contributed by atoms with van der Waals surface area (Å²) < 4.78 is 6.22. The zero-order chi connectivity index (χ0) is 15.1.